The number of anilines is 1. The summed E-state index contributed by atoms with van der Waals surface area (Å²) in [5.74, 6) is 2.16. The van der Waals surface area contributed by atoms with E-state index >= 15 is 0 Å². The molecule has 8 heteroatoms. The second-order valence-corrected chi connectivity index (χ2v) is 5.65. The lowest BCUT2D eigenvalue weighted by atomic mass is 10.3. The highest BCUT2D eigenvalue weighted by Crippen LogP contribution is 2.37. The van der Waals surface area contributed by atoms with Gasteiger partial charge in [-0.05, 0) is 12.1 Å². The fraction of sp³-hybridized carbons (Fsp3) is 0.111. The molecule has 0 aliphatic carbocycles. The molecule has 0 aliphatic heterocycles. The first kappa shape index (κ1) is 15.8. The van der Waals surface area contributed by atoms with Crippen LogP contribution in [0.4, 0.5) is 5.82 Å². The highest BCUT2D eigenvalue weighted by Gasteiger charge is 2.20. The van der Waals surface area contributed by atoms with Crippen LogP contribution in [-0.2, 0) is 0 Å². The van der Waals surface area contributed by atoms with Gasteiger partial charge in [-0.25, -0.2) is 4.98 Å². The lowest BCUT2D eigenvalue weighted by molar-refractivity contribution is 0.381. The number of nitrogen functional groups attached to an aromatic ring is 1. The molecule has 4 rings (SSSR count). The van der Waals surface area contributed by atoms with Crippen molar-refractivity contribution in [1.29, 1.82) is 0 Å². The largest absolute Gasteiger partial charge is 0.505 e. The number of fused-ring (bicyclic) bond motifs is 1. The zero-order valence-electron chi connectivity index (χ0n) is 14.2. The van der Waals surface area contributed by atoms with E-state index in [1.807, 2.05) is 24.3 Å². The second-order valence-electron chi connectivity index (χ2n) is 5.65. The average Bonchev–Trinajstić information content (AvgIpc) is 3.21. The van der Waals surface area contributed by atoms with Crippen molar-refractivity contribution in [2.45, 2.75) is 0 Å². The molecule has 3 aromatic heterocycles. The van der Waals surface area contributed by atoms with Crippen LogP contribution in [0.3, 0.4) is 0 Å². The lowest BCUT2D eigenvalue weighted by Crippen LogP contribution is -2.03. The van der Waals surface area contributed by atoms with E-state index in [1.165, 1.54) is 13.3 Å². The Morgan fingerprint density at radius 2 is 1.92 bits per heavy atom. The SMILES string of the molecule is COc1cc(OC)nc(-n2cc(O)c(-c3nc4ccccc4[nH]3)c2N)c1. The summed E-state index contributed by atoms with van der Waals surface area (Å²) in [6.45, 7) is 0. The molecular formula is C18H17N5O3. The van der Waals surface area contributed by atoms with E-state index in [1.54, 1.807) is 23.8 Å². The number of hydrogen-bond donors (Lipinski definition) is 3. The van der Waals surface area contributed by atoms with Crippen LogP contribution in [0.25, 0.3) is 28.2 Å². The third kappa shape index (κ3) is 2.48. The van der Waals surface area contributed by atoms with Crippen LogP contribution < -0.4 is 15.2 Å². The second kappa shape index (κ2) is 5.99. The van der Waals surface area contributed by atoms with Gasteiger partial charge in [0.15, 0.2) is 0 Å². The molecular weight excluding hydrogens is 334 g/mol. The van der Waals surface area contributed by atoms with Crippen molar-refractivity contribution in [3.8, 4) is 34.6 Å². The van der Waals surface area contributed by atoms with Gasteiger partial charge >= 0.3 is 0 Å². The molecule has 4 aromatic rings. The summed E-state index contributed by atoms with van der Waals surface area (Å²) >= 11 is 0. The molecule has 132 valence electrons. The van der Waals surface area contributed by atoms with E-state index in [4.69, 9.17) is 15.2 Å². The molecule has 8 nitrogen and oxygen atoms in total. The Kier molecular flexibility index (Phi) is 3.65. The number of nitrogens with two attached hydrogens (primary N) is 1. The van der Waals surface area contributed by atoms with Gasteiger partial charge in [0, 0.05) is 12.1 Å². The summed E-state index contributed by atoms with van der Waals surface area (Å²) < 4.78 is 12.0. The van der Waals surface area contributed by atoms with E-state index in [0.29, 0.717) is 34.7 Å². The van der Waals surface area contributed by atoms with E-state index in [9.17, 15) is 5.11 Å². The maximum absolute atomic E-state index is 10.5. The van der Waals surface area contributed by atoms with Crippen molar-refractivity contribution in [1.82, 2.24) is 19.5 Å². The number of ether oxygens (including phenoxy) is 2. The normalized spacial score (nSPS) is 11.0. The standard InChI is InChI=1S/C18H17N5O3/c1-25-10-7-14(22-15(8-10)26-2)23-9-13(24)16(17(23)19)18-20-11-5-3-4-6-12(11)21-18/h3-9,24H,19H2,1-2H3,(H,20,21). The number of nitrogens with one attached hydrogen (secondary N) is 1. The summed E-state index contributed by atoms with van der Waals surface area (Å²) in [6.07, 6.45) is 1.49. The molecule has 0 atom stereocenters. The summed E-state index contributed by atoms with van der Waals surface area (Å²) in [5, 5.41) is 10.5. The van der Waals surface area contributed by atoms with E-state index in [2.05, 4.69) is 15.0 Å². The fourth-order valence-electron chi connectivity index (χ4n) is 2.83. The summed E-state index contributed by atoms with van der Waals surface area (Å²) in [6, 6.07) is 10.9. The molecule has 0 saturated heterocycles. The van der Waals surface area contributed by atoms with Crippen molar-refractivity contribution < 1.29 is 14.6 Å². The maximum Gasteiger partial charge on any atom is 0.218 e. The molecule has 1 aromatic carbocycles. The Balaban J connectivity index is 1.87. The minimum atomic E-state index is -0.00913. The summed E-state index contributed by atoms with van der Waals surface area (Å²) in [5.41, 5.74) is 8.35. The van der Waals surface area contributed by atoms with Crippen LogP contribution in [0.5, 0.6) is 17.4 Å². The van der Waals surface area contributed by atoms with Crippen LogP contribution in [0, 0.1) is 0 Å². The van der Waals surface area contributed by atoms with Crippen molar-refractivity contribution in [2.24, 2.45) is 0 Å². The number of H-pyrrole nitrogens is 1. The first-order valence-electron chi connectivity index (χ1n) is 7.86. The fourth-order valence-corrected chi connectivity index (χ4v) is 2.83. The Hall–Kier alpha value is -3.68. The Morgan fingerprint density at radius 1 is 1.12 bits per heavy atom. The molecule has 0 aliphatic rings. The Bertz CT molecular complexity index is 1040. The highest BCUT2D eigenvalue weighted by atomic mass is 16.5. The van der Waals surface area contributed by atoms with Crippen molar-refractivity contribution in [2.75, 3.05) is 20.0 Å². The number of nitrogens with zero attached hydrogens (tertiary/aromatic N) is 3. The third-order valence-corrected chi connectivity index (χ3v) is 4.10. The number of pyridine rings is 1. The highest BCUT2D eigenvalue weighted by molar-refractivity contribution is 5.85. The average molecular weight is 351 g/mol. The molecule has 0 amide bonds. The number of imidazole rings is 1. The topological polar surface area (TPSA) is 111 Å². The smallest absolute Gasteiger partial charge is 0.218 e. The van der Waals surface area contributed by atoms with Gasteiger partial charge in [-0.15, -0.1) is 0 Å². The number of aromatic nitrogens is 4. The summed E-state index contributed by atoms with van der Waals surface area (Å²) in [7, 11) is 3.07. The van der Waals surface area contributed by atoms with Crippen LogP contribution in [0.1, 0.15) is 0 Å². The number of rotatable bonds is 4. The quantitative estimate of drug-likeness (QED) is 0.521. The van der Waals surface area contributed by atoms with Crippen LogP contribution >= 0.6 is 0 Å². The van der Waals surface area contributed by atoms with Gasteiger partial charge in [-0.2, -0.15) is 4.98 Å². The van der Waals surface area contributed by atoms with Gasteiger partial charge in [0.2, 0.25) is 5.88 Å². The van der Waals surface area contributed by atoms with Crippen molar-refractivity contribution >= 4 is 16.9 Å². The molecule has 0 unspecified atom stereocenters. The molecule has 0 radical (unpaired) electrons. The first-order valence-corrected chi connectivity index (χ1v) is 7.86. The molecule has 3 heterocycles. The zero-order valence-corrected chi connectivity index (χ0v) is 14.2. The van der Waals surface area contributed by atoms with E-state index in [0.717, 1.165) is 11.0 Å². The molecule has 0 saturated carbocycles. The minimum absolute atomic E-state index is 0.00913. The zero-order chi connectivity index (χ0) is 18.3. The number of benzene rings is 1. The van der Waals surface area contributed by atoms with E-state index in [-0.39, 0.29) is 5.75 Å². The molecule has 0 bridgehead atoms. The van der Waals surface area contributed by atoms with Crippen LogP contribution in [0.2, 0.25) is 0 Å². The van der Waals surface area contributed by atoms with Crippen molar-refractivity contribution in [3.05, 3.63) is 42.6 Å². The van der Waals surface area contributed by atoms with Crippen molar-refractivity contribution in [3.63, 3.8) is 0 Å². The number of aromatic hydroxyl groups is 1. The number of aromatic amines is 1. The number of hydrogen-bond acceptors (Lipinski definition) is 6. The predicted molar refractivity (Wildman–Crippen MR) is 97.8 cm³/mol. The maximum atomic E-state index is 10.5. The Morgan fingerprint density at radius 3 is 2.65 bits per heavy atom. The Labute approximate surface area is 148 Å². The minimum Gasteiger partial charge on any atom is -0.505 e. The first-order chi connectivity index (χ1) is 12.6. The van der Waals surface area contributed by atoms with E-state index < -0.39 is 0 Å². The third-order valence-electron chi connectivity index (χ3n) is 4.10. The van der Waals surface area contributed by atoms with Crippen LogP contribution in [0.15, 0.2) is 42.6 Å². The van der Waals surface area contributed by atoms with Gasteiger partial charge in [-0.1, -0.05) is 12.1 Å². The monoisotopic (exact) mass is 351 g/mol. The predicted octanol–water partition coefficient (Wildman–Crippen LogP) is 2.72. The molecule has 4 N–H and O–H groups in total. The van der Waals surface area contributed by atoms with Crippen LogP contribution in [-0.4, -0.2) is 38.8 Å². The van der Waals surface area contributed by atoms with Gasteiger partial charge in [0.05, 0.1) is 31.4 Å². The summed E-state index contributed by atoms with van der Waals surface area (Å²) in [4.78, 5) is 12.0. The van der Waals surface area contributed by atoms with Gasteiger partial charge < -0.3 is 25.3 Å². The molecule has 0 fully saturated rings. The van der Waals surface area contributed by atoms with Gasteiger partial charge in [0.1, 0.15) is 34.5 Å². The molecule has 0 spiro atoms. The number of para-hydroxylation sites is 2. The van der Waals surface area contributed by atoms with Gasteiger partial charge in [-0.3, -0.25) is 4.57 Å². The molecule has 26 heavy (non-hydrogen) atoms. The van der Waals surface area contributed by atoms with Gasteiger partial charge in [0.25, 0.3) is 0 Å². The lowest BCUT2D eigenvalue weighted by Gasteiger charge is -2.09. The number of methoxy groups -OCH3 is 2.